The highest BCUT2D eigenvalue weighted by Crippen LogP contribution is 2.30. The molecule has 59 valence electrons. The fourth-order valence-electron chi connectivity index (χ4n) is 0.908. The molecule has 0 aromatic heterocycles. The summed E-state index contributed by atoms with van der Waals surface area (Å²) in [7, 11) is 0. The Morgan fingerprint density at radius 2 is 2.27 bits per heavy atom. The average Bonchev–Trinajstić information content (AvgIpc) is 2.06. The molecule has 1 rings (SSSR count). The molecular weight excluding hydrogens is 156 g/mol. The highest BCUT2D eigenvalue weighted by atomic mass is 35.5. The molecule has 1 aromatic rings. The molecule has 1 unspecified atom stereocenters. The predicted octanol–water partition coefficient (Wildman–Crippen LogP) is 3.35. The molecule has 0 fully saturated rings. The van der Waals surface area contributed by atoms with Crippen LogP contribution < -0.4 is 0 Å². The largest absolute Gasteiger partial charge is 0.114 e. The predicted molar refractivity (Wildman–Crippen MR) is 48.8 cm³/mol. The first-order chi connectivity index (χ1) is 5.17. The third-order valence-corrected chi connectivity index (χ3v) is 2.41. The highest BCUT2D eigenvalue weighted by molar-refractivity contribution is 6.23. The summed E-state index contributed by atoms with van der Waals surface area (Å²) in [6, 6.07) is 11.0. The van der Waals surface area contributed by atoms with Crippen LogP contribution in [0.1, 0.15) is 25.8 Å². The van der Waals surface area contributed by atoms with Crippen molar-refractivity contribution in [2.24, 2.45) is 0 Å². The lowest BCUT2D eigenvalue weighted by atomic mass is 9.98. The van der Waals surface area contributed by atoms with Crippen LogP contribution in [0.4, 0.5) is 0 Å². The fourth-order valence-corrected chi connectivity index (χ4v) is 1.03. The molecule has 1 atom stereocenters. The normalized spacial score (nSPS) is 15.9. The zero-order valence-electron chi connectivity index (χ0n) is 6.89. The Morgan fingerprint density at radius 1 is 1.55 bits per heavy atom. The monoisotopic (exact) mass is 167 g/mol. The lowest BCUT2D eigenvalue weighted by molar-refractivity contribution is 0.649. The maximum absolute atomic E-state index is 6.21. The summed E-state index contributed by atoms with van der Waals surface area (Å²) >= 11 is 6.21. The Bertz CT molecular complexity index is 214. The molecule has 0 amide bonds. The van der Waals surface area contributed by atoms with Crippen LogP contribution in [-0.2, 0) is 4.87 Å². The van der Waals surface area contributed by atoms with E-state index in [9.17, 15) is 0 Å². The van der Waals surface area contributed by atoms with Gasteiger partial charge in [-0.05, 0) is 25.0 Å². The van der Waals surface area contributed by atoms with Gasteiger partial charge in [0.1, 0.15) is 0 Å². The van der Waals surface area contributed by atoms with Crippen molar-refractivity contribution in [2.75, 3.05) is 0 Å². The van der Waals surface area contributed by atoms with Gasteiger partial charge in [0.25, 0.3) is 0 Å². The molecule has 0 aliphatic heterocycles. The van der Waals surface area contributed by atoms with E-state index in [-0.39, 0.29) is 4.87 Å². The van der Waals surface area contributed by atoms with Crippen LogP contribution in [0.5, 0.6) is 0 Å². The third kappa shape index (κ3) is 1.97. The zero-order valence-corrected chi connectivity index (χ0v) is 7.65. The number of rotatable bonds is 2. The van der Waals surface area contributed by atoms with Crippen molar-refractivity contribution < 1.29 is 0 Å². The van der Waals surface area contributed by atoms with Gasteiger partial charge in [-0.1, -0.05) is 31.2 Å². The Balaban J connectivity index is 2.93. The molecule has 0 aliphatic carbocycles. The number of benzene rings is 1. The van der Waals surface area contributed by atoms with Crippen LogP contribution >= 0.6 is 11.6 Å². The molecule has 0 saturated carbocycles. The Morgan fingerprint density at radius 3 is 2.73 bits per heavy atom. The molecule has 0 bridgehead atoms. The van der Waals surface area contributed by atoms with Gasteiger partial charge in [0.2, 0.25) is 0 Å². The first-order valence-corrected chi connectivity index (χ1v) is 4.20. The van der Waals surface area contributed by atoms with Crippen molar-refractivity contribution in [3.05, 3.63) is 35.9 Å². The standard InChI is InChI=1S/C10H12Cl/c1-3-10(2,11)9-7-5-4-6-8-9/h4-7H,3H2,1-2H3. The van der Waals surface area contributed by atoms with Gasteiger partial charge in [-0.2, -0.15) is 0 Å². The summed E-state index contributed by atoms with van der Waals surface area (Å²) in [4.78, 5) is -0.249. The molecule has 0 saturated heterocycles. The summed E-state index contributed by atoms with van der Waals surface area (Å²) in [6.45, 7) is 4.09. The molecule has 0 N–H and O–H groups in total. The molecule has 0 heterocycles. The number of alkyl halides is 1. The molecule has 1 aromatic carbocycles. The molecule has 11 heavy (non-hydrogen) atoms. The molecule has 0 nitrogen and oxygen atoms in total. The van der Waals surface area contributed by atoms with Crippen LogP contribution in [0.25, 0.3) is 0 Å². The minimum absolute atomic E-state index is 0.249. The summed E-state index contributed by atoms with van der Waals surface area (Å²) in [6.07, 6.45) is 0.926. The minimum Gasteiger partial charge on any atom is -0.114 e. The van der Waals surface area contributed by atoms with Crippen molar-refractivity contribution in [2.45, 2.75) is 25.1 Å². The highest BCUT2D eigenvalue weighted by Gasteiger charge is 2.19. The smallest absolute Gasteiger partial charge is 0.0670 e. The van der Waals surface area contributed by atoms with Gasteiger partial charge in [0.15, 0.2) is 0 Å². The van der Waals surface area contributed by atoms with Crippen LogP contribution in [-0.4, -0.2) is 0 Å². The number of hydrogen-bond donors (Lipinski definition) is 0. The van der Waals surface area contributed by atoms with Gasteiger partial charge >= 0.3 is 0 Å². The average molecular weight is 168 g/mol. The molecular formula is C10H12Cl. The molecule has 0 aliphatic rings. The zero-order chi connectivity index (χ0) is 8.32. The van der Waals surface area contributed by atoms with Crippen molar-refractivity contribution in [3.63, 3.8) is 0 Å². The maximum atomic E-state index is 6.21. The van der Waals surface area contributed by atoms with E-state index >= 15 is 0 Å². The SMILES string of the molecule is CCC(C)(Cl)c1[c]cccc1. The summed E-state index contributed by atoms with van der Waals surface area (Å²) in [5.41, 5.74) is 1.07. The minimum atomic E-state index is -0.249. The first-order valence-electron chi connectivity index (χ1n) is 3.83. The maximum Gasteiger partial charge on any atom is 0.0670 e. The Kier molecular flexibility index (Phi) is 2.56. The van der Waals surface area contributed by atoms with Gasteiger partial charge in [-0.25, -0.2) is 0 Å². The van der Waals surface area contributed by atoms with Gasteiger partial charge in [0, 0.05) is 0 Å². The topological polar surface area (TPSA) is 0 Å². The van der Waals surface area contributed by atoms with Gasteiger partial charge in [-0.3, -0.25) is 0 Å². The van der Waals surface area contributed by atoms with E-state index in [4.69, 9.17) is 11.6 Å². The van der Waals surface area contributed by atoms with Gasteiger partial charge in [-0.15, -0.1) is 11.6 Å². The summed E-state index contributed by atoms with van der Waals surface area (Å²) in [5, 5.41) is 0. The lowest BCUT2D eigenvalue weighted by Gasteiger charge is -2.19. The summed E-state index contributed by atoms with van der Waals surface area (Å²) in [5.74, 6) is 0. The van der Waals surface area contributed by atoms with Crippen LogP contribution in [0.15, 0.2) is 24.3 Å². The van der Waals surface area contributed by atoms with Crippen LogP contribution in [0, 0.1) is 6.07 Å². The van der Waals surface area contributed by atoms with Crippen LogP contribution in [0.2, 0.25) is 0 Å². The van der Waals surface area contributed by atoms with E-state index in [1.165, 1.54) is 0 Å². The van der Waals surface area contributed by atoms with E-state index < -0.39 is 0 Å². The molecule has 1 heteroatoms. The lowest BCUT2D eigenvalue weighted by Crippen LogP contribution is -2.11. The van der Waals surface area contributed by atoms with Crippen molar-refractivity contribution in [1.29, 1.82) is 0 Å². The van der Waals surface area contributed by atoms with E-state index in [1.807, 2.05) is 31.2 Å². The van der Waals surface area contributed by atoms with Gasteiger partial charge < -0.3 is 0 Å². The number of hydrogen-bond acceptors (Lipinski definition) is 0. The second kappa shape index (κ2) is 3.27. The van der Waals surface area contributed by atoms with E-state index in [0.29, 0.717) is 0 Å². The molecule has 1 radical (unpaired) electrons. The summed E-state index contributed by atoms with van der Waals surface area (Å²) < 4.78 is 0. The first kappa shape index (κ1) is 8.61. The van der Waals surface area contributed by atoms with E-state index in [0.717, 1.165) is 12.0 Å². The van der Waals surface area contributed by atoms with Crippen LogP contribution in [0.3, 0.4) is 0 Å². The second-order valence-electron chi connectivity index (χ2n) is 2.83. The Labute approximate surface area is 73.2 Å². The van der Waals surface area contributed by atoms with E-state index in [1.54, 1.807) is 0 Å². The van der Waals surface area contributed by atoms with Crippen molar-refractivity contribution in [3.8, 4) is 0 Å². The number of halogens is 1. The van der Waals surface area contributed by atoms with Gasteiger partial charge in [0.05, 0.1) is 4.87 Å². The van der Waals surface area contributed by atoms with Crippen molar-refractivity contribution >= 4 is 11.6 Å². The van der Waals surface area contributed by atoms with Crippen molar-refractivity contribution in [1.82, 2.24) is 0 Å². The Hall–Kier alpha value is -0.490. The third-order valence-electron chi connectivity index (χ3n) is 1.93. The quantitative estimate of drug-likeness (QED) is 0.593. The fraction of sp³-hybridized carbons (Fsp3) is 0.400. The molecule has 0 spiro atoms. The van der Waals surface area contributed by atoms with E-state index in [2.05, 4.69) is 13.0 Å². The second-order valence-corrected chi connectivity index (χ2v) is 3.66.